The smallest absolute Gasteiger partial charge is 0.407 e. The summed E-state index contributed by atoms with van der Waals surface area (Å²) in [5, 5.41) is 9.28. The molecule has 0 bridgehead atoms. The number of nitrogens with one attached hydrogen (secondary N) is 3. The second-order valence-corrected chi connectivity index (χ2v) is 8.50. The summed E-state index contributed by atoms with van der Waals surface area (Å²) in [4.78, 5) is 28.5. The number of hydrogen-bond acceptors (Lipinski definition) is 5. The molecule has 0 spiro atoms. The Kier molecular flexibility index (Phi) is 7.05. The Morgan fingerprint density at radius 3 is 2.47 bits per heavy atom. The van der Waals surface area contributed by atoms with Gasteiger partial charge in [-0.1, -0.05) is 12.1 Å². The summed E-state index contributed by atoms with van der Waals surface area (Å²) in [5.41, 5.74) is 1.82. The maximum Gasteiger partial charge on any atom is 0.407 e. The maximum atomic E-state index is 12.5. The maximum absolute atomic E-state index is 12.5. The predicted molar refractivity (Wildman–Crippen MR) is 117 cm³/mol. The molecule has 2 atom stereocenters. The summed E-state index contributed by atoms with van der Waals surface area (Å²) in [6.45, 7) is 6.98. The van der Waals surface area contributed by atoms with Crippen LogP contribution in [0.3, 0.4) is 0 Å². The highest BCUT2D eigenvalue weighted by atomic mass is 16.6. The second-order valence-electron chi connectivity index (χ2n) is 8.50. The zero-order valence-corrected chi connectivity index (χ0v) is 17.8. The molecule has 2 heterocycles. The van der Waals surface area contributed by atoms with Gasteiger partial charge in [0.25, 0.3) is 5.91 Å². The molecule has 2 unspecified atom stereocenters. The molecule has 30 heavy (non-hydrogen) atoms. The van der Waals surface area contributed by atoms with E-state index < -0.39 is 11.7 Å². The van der Waals surface area contributed by atoms with Crippen LogP contribution in [-0.4, -0.2) is 41.7 Å². The van der Waals surface area contributed by atoms with Gasteiger partial charge in [-0.25, -0.2) is 4.79 Å². The molecule has 1 aliphatic rings. The molecule has 1 aliphatic heterocycles. The van der Waals surface area contributed by atoms with Crippen LogP contribution < -0.4 is 16.0 Å². The highest BCUT2D eigenvalue weighted by molar-refractivity contribution is 6.04. The van der Waals surface area contributed by atoms with Crippen LogP contribution in [-0.2, 0) is 4.74 Å². The largest absolute Gasteiger partial charge is 0.444 e. The molecule has 0 saturated carbocycles. The van der Waals surface area contributed by atoms with Gasteiger partial charge in [-0.05, 0) is 70.0 Å². The lowest BCUT2D eigenvalue weighted by molar-refractivity contribution is 0.0522. The molecule has 0 radical (unpaired) electrons. The van der Waals surface area contributed by atoms with Gasteiger partial charge in [0.05, 0.1) is 0 Å². The second kappa shape index (κ2) is 9.71. The van der Waals surface area contributed by atoms with Crippen molar-refractivity contribution in [1.82, 2.24) is 15.6 Å². The van der Waals surface area contributed by atoms with Crippen molar-refractivity contribution in [3.63, 3.8) is 0 Å². The molecule has 3 rings (SSSR count). The van der Waals surface area contributed by atoms with Crippen molar-refractivity contribution in [3.8, 4) is 0 Å². The number of pyridine rings is 1. The van der Waals surface area contributed by atoms with E-state index >= 15 is 0 Å². The fourth-order valence-corrected chi connectivity index (χ4v) is 3.58. The topological polar surface area (TPSA) is 92.3 Å². The molecule has 1 fully saturated rings. The predicted octanol–water partition coefficient (Wildman–Crippen LogP) is 3.69. The third-order valence-corrected chi connectivity index (χ3v) is 4.99. The van der Waals surface area contributed by atoms with Crippen LogP contribution in [0.2, 0.25) is 0 Å². The number of aromatic nitrogens is 1. The third-order valence-electron chi connectivity index (χ3n) is 4.99. The Hall–Kier alpha value is -2.93. The van der Waals surface area contributed by atoms with Crippen molar-refractivity contribution in [2.75, 3.05) is 18.4 Å². The van der Waals surface area contributed by atoms with Crippen LogP contribution in [0.4, 0.5) is 10.5 Å². The van der Waals surface area contributed by atoms with Gasteiger partial charge in [0.2, 0.25) is 0 Å². The van der Waals surface area contributed by atoms with Crippen LogP contribution in [0.5, 0.6) is 0 Å². The first-order chi connectivity index (χ1) is 14.3. The molecule has 2 aromatic rings. The molecule has 1 aromatic carbocycles. The van der Waals surface area contributed by atoms with Gasteiger partial charge >= 0.3 is 6.09 Å². The number of carbonyl (C=O) groups excluding carboxylic acids is 2. The Morgan fingerprint density at radius 2 is 1.87 bits per heavy atom. The number of hydrogen-bond donors (Lipinski definition) is 3. The van der Waals surface area contributed by atoms with Crippen molar-refractivity contribution in [1.29, 1.82) is 0 Å². The number of anilines is 1. The van der Waals surface area contributed by atoms with Crippen LogP contribution in [0, 0.1) is 0 Å². The van der Waals surface area contributed by atoms with Gasteiger partial charge < -0.3 is 20.7 Å². The van der Waals surface area contributed by atoms with Crippen LogP contribution in [0.15, 0.2) is 48.8 Å². The van der Waals surface area contributed by atoms with Gasteiger partial charge in [0, 0.05) is 42.1 Å². The number of nitrogens with zero attached hydrogens (tertiary/aromatic N) is 1. The summed E-state index contributed by atoms with van der Waals surface area (Å²) in [7, 11) is 0. The standard InChI is InChI=1S/C23H30N4O3/c1-23(2,3)30-22(29)26-15-19(20-5-4-12-25-20)16-6-8-17(9-7-16)21(28)27-18-10-13-24-14-11-18/h6-11,13-14,19-20,25H,4-5,12,15H2,1-3H3,(H,26,29)(H,24,27,28). The first kappa shape index (κ1) is 21.8. The van der Waals surface area contributed by atoms with E-state index in [9.17, 15) is 9.59 Å². The van der Waals surface area contributed by atoms with E-state index in [0.29, 0.717) is 17.8 Å². The van der Waals surface area contributed by atoms with Gasteiger partial charge in [-0.2, -0.15) is 0 Å². The Labute approximate surface area is 177 Å². The van der Waals surface area contributed by atoms with E-state index in [2.05, 4.69) is 20.9 Å². The van der Waals surface area contributed by atoms with E-state index in [0.717, 1.165) is 24.9 Å². The van der Waals surface area contributed by atoms with Crippen molar-refractivity contribution < 1.29 is 14.3 Å². The average molecular weight is 411 g/mol. The molecule has 3 N–H and O–H groups in total. The van der Waals surface area contributed by atoms with E-state index in [4.69, 9.17) is 4.74 Å². The molecular formula is C23H30N4O3. The SMILES string of the molecule is CC(C)(C)OC(=O)NCC(c1ccc(C(=O)Nc2ccncc2)cc1)C1CCCN1. The number of ether oxygens (including phenoxy) is 1. The molecule has 1 aromatic heterocycles. The van der Waals surface area contributed by atoms with E-state index in [1.54, 1.807) is 24.5 Å². The van der Waals surface area contributed by atoms with E-state index in [1.165, 1.54) is 0 Å². The number of benzene rings is 1. The Balaban J connectivity index is 1.67. The Bertz CT molecular complexity index is 841. The summed E-state index contributed by atoms with van der Waals surface area (Å²) in [6, 6.07) is 11.3. The van der Waals surface area contributed by atoms with Gasteiger partial charge in [-0.15, -0.1) is 0 Å². The first-order valence-electron chi connectivity index (χ1n) is 10.3. The first-order valence-corrected chi connectivity index (χ1v) is 10.3. The fraction of sp³-hybridized carbons (Fsp3) is 0.435. The molecule has 2 amide bonds. The minimum atomic E-state index is -0.533. The fourth-order valence-electron chi connectivity index (χ4n) is 3.58. The van der Waals surface area contributed by atoms with E-state index in [-0.39, 0.29) is 17.9 Å². The highest BCUT2D eigenvalue weighted by Gasteiger charge is 2.27. The normalized spacial score (nSPS) is 17.2. The molecule has 7 heteroatoms. The van der Waals surface area contributed by atoms with Gasteiger partial charge in [-0.3, -0.25) is 9.78 Å². The third kappa shape index (κ3) is 6.29. The molecule has 0 aliphatic carbocycles. The molecule has 160 valence electrons. The number of amides is 2. The summed E-state index contributed by atoms with van der Waals surface area (Å²) in [6.07, 6.45) is 5.01. The van der Waals surface area contributed by atoms with Crippen LogP contribution in [0.1, 0.15) is 55.5 Å². The average Bonchev–Trinajstić information content (AvgIpc) is 3.22. The lowest BCUT2D eigenvalue weighted by atomic mass is 9.89. The van der Waals surface area contributed by atoms with Crippen molar-refractivity contribution in [3.05, 3.63) is 59.9 Å². The Morgan fingerprint density at radius 1 is 1.17 bits per heavy atom. The summed E-state index contributed by atoms with van der Waals surface area (Å²) >= 11 is 0. The van der Waals surface area contributed by atoms with Crippen LogP contribution in [0.25, 0.3) is 0 Å². The minimum Gasteiger partial charge on any atom is -0.444 e. The van der Waals surface area contributed by atoms with Crippen molar-refractivity contribution in [2.24, 2.45) is 0 Å². The zero-order chi connectivity index (χ0) is 21.6. The number of rotatable bonds is 6. The number of carbonyl (C=O) groups is 2. The number of alkyl carbamates (subject to hydrolysis) is 1. The van der Waals surface area contributed by atoms with Gasteiger partial charge in [0.1, 0.15) is 5.60 Å². The lowest BCUT2D eigenvalue weighted by Crippen LogP contribution is -2.40. The minimum absolute atomic E-state index is 0.0947. The van der Waals surface area contributed by atoms with Crippen molar-refractivity contribution in [2.45, 2.75) is 51.2 Å². The molecule has 1 saturated heterocycles. The lowest BCUT2D eigenvalue weighted by Gasteiger charge is -2.26. The zero-order valence-electron chi connectivity index (χ0n) is 17.8. The quantitative estimate of drug-likeness (QED) is 0.675. The van der Waals surface area contributed by atoms with Crippen LogP contribution >= 0.6 is 0 Å². The monoisotopic (exact) mass is 410 g/mol. The molecule has 7 nitrogen and oxygen atoms in total. The van der Waals surface area contributed by atoms with Gasteiger partial charge in [0.15, 0.2) is 0 Å². The van der Waals surface area contributed by atoms with E-state index in [1.807, 2.05) is 45.0 Å². The summed E-state index contributed by atoms with van der Waals surface area (Å²) < 4.78 is 5.37. The molecular weight excluding hydrogens is 380 g/mol. The van der Waals surface area contributed by atoms with Crippen molar-refractivity contribution >= 4 is 17.7 Å². The highest BCUT2D eigenvalue weighted by Crippen LogP contribution is 2.26. The summed E-state index contributed by atoms with van der Waals surface area (Å²) in [5.74, 6) is -0.0764.